The van der Waals surface area contributed by atoms with E-state index in [2.05, 4.69) is 15.3 Å². The van der Waals surface area contributed by atoms with Gasteiger partial charge in [0.1, 0.15) is 5.69 Å². The minimum absolute atomic E-state index is 0.0382. The third kappa shape index (κ3) is 2.71. The van der Waals surface area contributed by atoms with Crippen LogP contribution in [0.1, 0.15) is 12.8 Å². The summed E-state index contributed by atoms with van der Waals surface area (Å²) in [6.07, 6.45) is 1.78. The highest BCUT2D eigenvalue weighted by molar-refractivity contribution is 6.28. The van der Waals surface area contributed by atoms with Crippen molar-refractivity contribution in [2.24, 2.45) is 0 Å². The standard InChI is InChI=1S/C14H11ClN4O2/c15-14-16-8-10(19-11(20)6-7-12(19)21)13(18-14)17-9-4-2-1-3-5-9/h1-5,8H,6-7H2,(H,16,17,18). The molecule has 0 unspecified atom stereocenters. The molecular weight excluding hydrogens is 292 g/mol. The van der Waals surface area contributed by atoms with Crippen molar-refractivity contribution >= 4 is 40.6 Å². The van der Waals surface area contributed by atoms with Gasteiger partial charge in [0.25, 0.3) is 0 Å². The Labute approximate surface area is 125 Å². The van der Waals surface area contributed by atoms with Gasteiger partial charge in [0.2, 0.25) is 17.1 Å². The van der Waals surface area contributed by atoms with E-state index in [0.717, 1.165) is 10.6 Å². The van der Waals surface area contributed by atoms with Crippen molar-refractivity contribution in [2.75, 3.05) is 10.2 Å². The Morgan fingerprint density at radius 3 is 2.43 bits per heavy atom. The molecule has 0 atom stereocenters. The first kappa shape index (κ1) is 13.5. The Hall–Kier alpha value is -2.47. The first-order valence-electron chi connectivity index (χ1n) is 6.35. The Morgan fingerprint density at radius 1 is 1.10 bits per heavy atom. The first-order valence-corrected chi connectivity index (χ1v) is 6.73. The lowest BCUT2D eigenvalue weighted by atomic mass is 10.3. The number of hydrogen-bond acceptors (Lipinski definition) is 5. The minimum Gasteiger partial charge on any atom is -0.338 e. The van der Waals surface area contributed by atoms with Crippen molar-refractivity contribution in [3.8, 4) is 0 Å². The smallest absolute Gasteiger partial charge is 0.234 e. The van der Waals surface area contributed by atoms with E-state index in [1.54, 1.807) is 0 Å². The van der Waals surface area contributed by atoms with Gasteiger partial charge in [0.15, 0.2) is 5.82 Å². The van der Waals surface area contributed by atoms with Gasteiger partial charge in [-0.05, 0) is 23.7 Å². The van der Waals surface area contributed by atoms with Crippen LogP contribution in [0, 0.1) is 0 Å². The molecule has 1 aliphatic heterocycles. The van der Waals surface area contributed by atoms with Crippen LogP contribution in [0.3, 0.4) is 0 Å². The lowest BCUT2D eigenvalue weighted by molar-refractivity contribution is -0.121. The summed E-state index contributed by atoms with van der Waals surface area (Å²) in [4.78, 5) is 32.8. The number of carbonyl (C=O) groups is 2. The molecule has 2 aromatic rings. The van der Waals surface area contributed by atoms with Gasteiger partial charge in [-0.2, -0.15) is 4.98 Å². The molecule has 6 nitrogen and oxygen atoms in total. The molecule has 1 saturated heterocycles. The average molecular weight is 303 g/mol. The Kier molecular flexibility index (Phi) is 3.53. The van der Waals surface area contributed by atoms with E-state index in [9.17, 15) is 9.59 Å². The molecule has 1 fully saturated rings. The Morgan fingerprint density at radius 2 is 1.76 bits per heavy atom. The van der Waals surface area contributed by atoms with Crippen molar-refractivity contribution in [3.63, 3.8) is 0 Å². The van der Waals surface area contributed by atoms with Crippen LogP contribution in [0.25, 0.3) is 0 Å². The van der Waals surface area contributed by atoms with E-state index in [1.165, 1.54) is 6.20 Å². The third-order valence-corrected chi connectivity index (χ3v) is 3.25. The second kappa shape index (κ2) is 5.49. The fourth-order valence-corrected chi connectivity index (χ4v) is 2.25. The molecule has 0 aliphatic carbocycles. The molecule has 1 aromatic carbocycles. The van der Waals surface area contributed by atoms with Crippen molar-refractivity contribution in [1.82, 2.24) is 9.97 Å². The Balaban J connectivity index is 2.01. The van der Waals surface area contributed by atoms with Gasteiger partial charge in [-0.25, -0.2) is 9.88 Å². The predicted molar refractivity (Wildman–Crippen MR) is 78.5 cm³/mol. The lowest BCUT2D eigenvalue weighted by Gasteiger charge is -2.17. The van der Waals surface area contributed by atoms with E-state index in [0.29, 0.717) is 11.5 Å². The average Bonchev–Trinajstić information content (AvgIpc) is 2.80. The van der Waals surface area contributed by atoms with E-state index < -0.39 is 0 Å². The highest BCUT2D eigenvalue weighted by atomic mass is 35.5. The summed E-state index contributed by atoms with van der Waals surface area (Å²) in [6.45, 7) is 0. The molecule has 0 spiro atoms. The second-order valence-electron chi connectivity index (χ2n) is 4.49. The van der Waals surface area contributed by atoms with Crippen LogP contribution in [-0.4, -0.2) is 21.8 Å². The summed E-state index contributed by atoms with van der Waals surface area (Å²) in [6, 6.07) is 9.28. The van der Waals surface area contributed by atoms with Gasteiger partial charge in [0, 0.05) is 18.5 Å². The van der Waals surface area contributed by atoms with Gasteiger partial charge in [-0.15, -0.1) is 0 Å². The number of benzene rings is 1. The number of halogens is 1. The lowest BCUT2D eigenvalue weighted by Crippen LogP contribution is -2.29. The zero-order chi connectivity index (χ0) is 14.8. The minimum atomic E-state index is -0.262. The normalized spacial score (nSPS) is 14.6. The monoisotopic (exact) mass is 302 g/mol. The molecule has 1 aromatic heterocycles. The number of aromatic nitrogens is 2. The topological polar surface area (TPSA) is 75.2 Å². The van der Waals surface area contributed by atoms with Gasteiger partial charge < -0.3 is 5.32 Å². The summed E-state index contributed by atoms with van der Waals surface area (Å²) in [5.41, 5.74) is 1.09. The molecule has 3 rings (SSSR count). The fraction of sp³-hybridized carbons (Fsp3) is 0.143. The van der Waals surface area contributed by atoms with E-state index in [4.69, 9.17) is 11.6 Å². The van der Waals surface area contributed by atoms with E-state index in [1.807, 2.05) is 30.3 Å². The van der Waals surface area contributed by atoms with Crippen LogP contribution in [0.4, 0.5) is 17.2 Å². The summed E-state index contributed by atoms with van der Waals surface area (Å²) < 4.78 is 0. The zero-order valence-corrected chi connectivity index (χ0v) is 11.7. The van der Waals surface area contributed by atoms with Crippen molar-refractivity contribution in [1.29, 1.82) is 0 Å². The zero-order valence-electron chi connectivity index (χ0n) is 10.9. The molecule has 106 valence electrons. The molecule has 2 heterocycles. The van der Waals surface area contributed by atoms with Crippen LogP contribution in [-0.2, 0) is 9.59 Å². The van der Waals surface area contributed by atoms with Crippen LogP contribution in [0.2, 0.25) is 5.28 Å². The molecule has 7 heteroatoms. The van der Waals surface area contributed by atoms with Crippen molar-refractivity contribution < 1.29 is 9.59 Å². The fourth-order valence-electron chi connectivity index (χ4n) is 2.11. The molecule has 1 aliphatic rings. The molecule has 2 amide bonds. The number of nitrogens with zero attached hydrogens (tertiary/aromatic N) is 3. The van der Waals surface area contributed by atoms with Gasteiger partial charge in [0.05, 0.1) is 6.20 Å². The van der Waals surface area contributed by atoms with Crippen LogP contribution in [0.15, 0.2) is 36.5 Å². The number of para-hydroxylation sites is 1. The SMILES string of the molecule is O=C1CCC(=O)N1c1cnc(Cl)nc1Nc1ccccc1. The number of amides is 2. The van der Waals surface area contributed by atoms with E-state index >= 15 is 0 Å². The summed E-state index contributed by atoms with van der Waals surface area (Å²) in [5.74, 6) is -0.200. The number of nitrogens with one attached hydrogen (secondary N) is 1. The molecule has 0 radical (unpaired) electrons. The van der Waals surface area contributed by atoms with Gasteiger partial charge in [-0.1, -0.05) is 18.2 Å². The highest BCUT2D eigenvalue weighted by Gasteiger charge is 2.32. The maximum atomic E-state index is 11.9. The number of hydrogen-bond donors (Lipinski definition) is 1. The third-order valence-electron chi connectivity index (χ3n) is 3.07. The number of carbonyl (C=O) groups excluding carboxylic acids is 2. The van der Waals surface area contributed by atoms with Gasteiger partial charge >= 0.3 is 0 Å². The first-order chi connectivity index (χ1) is 10.1. The maximum Gasteiger partial charge on any atom is 0.234 e. The maximum absolute atomic E-state index is 11.9. The molecular formula is C14H11ClN4O2. The second-order valence-corrected chi connectivity index (χ2v) is 4.82. The molecule has 0 saturated carbocycles. The summed E-state index contributed by atoms with van der Waals surface area (Å²) in [5, 5.41) is 3.09. The van der Waals surface area contributed by atoms with Crippen LogP contribution in [0.5, 0.6) is 0 Å². The van der Waals surface area contributed by atoms with Gasteiger partial charge in [-0.3, -0.25) is 9.59 Å². The summed E-state index contributed by atoms with van der Waals surface area (Å²) in [7, 11) is 0. The predicted octanol–water partition coefficient (Wildman–Crippen LogP) is 2.53. The number of imide groups is 1. The molecule has 1 N–H and O–H groups in total. The van der Waals surface area contributed by atoms with Crippen LogP contribution < -0.4 is 10.2 Å². The Bertz CT molecular complexity index is 689. The van der Waals surface area contributed by atoms with E-state index in [-0.39, 0.29) is 29.9 Å². The largest absolute Gasteiger partial charge is 0.338 e. The summed E-state index contributed by atoms with van der Waals surface area (Å²) >= 11 is 5.81. The number of anilines is 3. The molecule has 0 bridgehead atoms. The number of rotatable bonds is 3. The quantitative estimate of drug-likeness (QED) is 0.696. The molecule has 21 heavy (non-hydrogen) atoms. The van der Waals surface area contributed by atoms with Crippen molar-refractivity contribution in [3.05, 3.63) is 41.8 Å². The van der Waals surface area contributed by atoms with Crippen molar-refractivity contribution in [2.45, 2.75) is 12.8 Å². The highest BCUT2D eigenvalue weighted by Crippen LogP contribution is 2.30. The van der Waals surface area contributed by atoms with Crippen LogP contribution >= 0.6 is 11.6 Å².